The van der Waals surface area contributed by atoms with E-state index >= 15 is 0 Å². The summed E-state index contributed by atoms with van der Waals surface area (Å²) in [5, 5.41) is 3.00. The smallest absolute Gasteiger partial charge is 0.225 e. The minimum Gasteiger partial charge on any atom is -0.344 e. The first-order valence-corrected chi connectivity index (χ1v) is 8.25. The van der Waals surface area contributed by atoms with Crippen LogP contribution in [0.2, 0.25) is 0 Å². The van der Waals surface area contributed by atoms with Crippen molar-refractivity contribution in [1.82, 2.24) is 15.3 Å². The predicted octanol–water partition coefficient (Wildman–Crippen LogP) is 1.48. The third-order valence-corrected chi connectivity index (χ3v) is 4.35. The minimum absolute atomic E-state index is 0.362. The van der Waals surface area contributed by atoms with E-state index in [1.54, 1.807) is 12.3 Å². The quantitative estimate of drug-likeness (QED) is 0.602. The van der Waals surface area contributed by atoms with Crippen molar-refractivity contribution in [3.63, 3.8) is 0 Å². The molecule has 0 radical (unpaired) electrons. The van der Waals surface area contributed by atoms with Gasteiger partial charge >= 0.3 is 0 Å². The van der Waals surface area contributed by atoms with Gasteiger partial charge in [-0.25, -0.2) is 9.97 Å². The van der Waals surface area contributed by atoms with E-state index in [0.717, 1.165) is 30.0 Å². The number of thioether (sulfide) groups is 1. The summed E-state index contributed by atoms with van der Waals surface area (Å²) >= 11 is 1.51. The molecule has 22 heavy (non-hydrogen) atoms. The fourth-order valence-electron chi connectivity index (χ4n) is 2.09. The Hall–Kier alpha value is -1.73. The van der Waals surface area contributed by atoms with Gasteiger partial charge in [-0.15, -0.1) is 11.8 Å². The summed E-state index contributed by atoms with van der Waals surface area (Å²) in [5.41, 5.74) is 0.739. The number of ketones is 1. The number of anilines is 1. The highest BCUT2D eigenvalue weighted by Gasteiger charge is 2.27. The number of nitrogens with zero attached hydrogens (tertiary/aromatic N) is 3. The maximum atomic E-state index is 11.6. The first kappa shape index (κ1) is 16.6. The van der Waals surface area contributed by atoms with Gasteiger partial charge in [0.25, 0.3) is 0 Å². The lowest BCUT2D eigenvalue weighted by molar-refractivity contribution is -0.130. The van der Waals surface area contributed by atoms with Crippen molar-refractivity contribution in [3.05, 3.63) is 22.9 Å². The normalized spacial score (nSPS) is 19.4. The molecule has 0 saturated carbocycles. The molecule has 0 amide bonds. The molecule has 2 heterocycles. The fourth-order valence-corrected chi connectivity index (χ4v) is 3.08. The summed E-state index contributed by atoms with van der Waals surface area (Å²) in [5.74, 6) is 0.826. The van der Waals surface area contributed by atoms with E-state index in [4.69, 9.17) is 0 Å². The van der Waals surface area contributed by atoms with Crippen molar-refractivity contribution in [2.24, 2.45) is 0 Å². The van der Waals surface area contributed by atoms with Crippen molar-refractivity contribution in [1.29, 1.82) is 0 Å². The Morgan fingerprint density at radius 3 is 3.14 bits per heavy atom. The van der Waals surface area contributed by atoms with Crippen LogP contribution in [0.4, 0.5) is 5.95 Å². The zero-order chi connectivity index (χ0) is 15.9. The van der Waals surface area contributed by atoms with Crippen LogP contribution in [0.5, 0.6) is 0 Å². The number of hydrogen-bond acceptors (Lipinski definition) is 7. The van der Waals surface area contributed by atoms with Gasteiger partial charge in [0.1, 0.15) is 6.04 Å². The Kier molecular flexibility index (Phi) is 6.09. The second kappa shape index (κ2) is 8.05. The number of rotatable bonds is 7. The Bertz CT molecular complexity index is 576. The lowest BCUT2D eigenvalue weighted by atomic mass is 10.1. The highest BCUT2D eigenvalue weighted by Crippen LogP contribution is 2.27. The summed E-state index contributed by atoms with van der Waals surface area (Å²) < 4.78 is 0. The van der Waals surface area contributed by atoms with E-state index in [1.807, 2.05) is 18.0 Å². The maximum Gasteiger partial charge on any atom is 0.225 e. The number of carbonyl (C=O) groups is 2. The molecule has 1 aromatic heterocycles. The van der Waals surface area contributed by atoms with E-state index < -0.39 is 11.8 Å². The summed E-state index contributed by atoms with van der Waals surface area (Å²) in [6.07, 6.45) is 6.12. The van der Waals surface area contributed by atoms with Crippen molar-refractivity contribution in [2.45, 2.75) is 25.8 Å². The minimum atomic E-state index is -0.543. The number of nitrogens with one attached hydrogen (secondary N) is 1. The number of aldehydes is 1. The first-order valence-electron chi connectivity index (χ1n) is 7.26. The van der Waals surface area contributed by atoms with Gasteiger partial charge in [0.05, 0.1) is 5.69 Å². The lowest BCUT2D eigenvalue weighted by Gasteiger charge is -2.16. The first-order chi connectivity index (χ1) is 10.7. The zero-order valence-corrected chi connectivity index (χ0v) is 13.6. The van der Waals surface area contributed by atoms with Gasteiger partial charge in [0.2, 0.25) is 11.7 Å². The molecule has 1 atom stereocenters. The number of carbonyl (C=O) groups excluding carboxylic acids is 2. The van der Waals surface area contributed by atoms with Crippen molar-refractivity contribution in [3.8, 4) is 0 Å². The second-order valence-corrected chi connectivity index (χ2v) is 6.10. The molecule has 0 bridgehead atoms. The Balaban J connectivity index is 2.17. The molecule has 118 valence electrons. The van der Waals surface area contributed by atoms with Crippen molar-refractivity contribution < 1.29 is 9.59 Å². The highest BCUT2D eigenvalue weighted by atomic mass is 32.2. The van der Waals surface area contributed by atoms with E-state index in [-0.39, 0.29) is 0 Å². The molecular formula is C15H20N4O2S. The topological polar surface area (TPSA) is 75.2 Å². The SMILES string of the molecule is CCCCN(C)c1nccc(/C=C2\SCNC2C(=O)C=O)n1. The zero-order valence-electron chi connectivity index (χ0n) is 12.8. The van der Waals surface area contributed by atoms with Crippen LogP contribution in [0.15, 0.2) is 17.2 Å². The molecule has 1 N–H and O–H groups in total. The standard InChI is InChI=1S/C15H20N4O2S/c1-3-4-7-19(2)15-16-6-5-11(18-15)8-13-14(12(21)9-20)17-10-22-13/h5-6,8-9,14,17H,3-4,7,10H2,1-2H3/b13-8-. The fraction of sp³-hybridized carbons (Fsp3) is 0.467. The molecule has 0 spiro atoms. The Morgan fingerprint density at radius 1 is 1.59 bits per heavy atom. The highest BCUT2D eigenvalue weighted by molar-refractivity contribution is 8.03. The number of Topliss-reactive ketones (excluding diaryl/α,β-unsaturated/α-hetero) is 1. The average Bonchev–Trinajstić information content (AvgIpc) is 3.00. The summed E-state index contributed by atoms with van der Waals surface area (Å²) in [6.45, 7) is 3.04. The van der Waals surface area contributed by atoms with Crippen molar-refractivity contribution >= 4 is 35.9 Å². The van der Waals surface area contributed by atoms with Gasteiger partial charge in [-0.2, -0.15) is 0 Å². The van der Waals surface area contributed by atoms with Gasteiger partial charge < -0.3 is 4.90 Å². The molecule has 6 nitrogen and oxygen atoms in total. The van der Waals surface area contributed by atoms with Gasteiger partial charge in [0.15, 0.2) is 6.29 Å². The molecule has 1 aromatic rings. The van der Waals surface area contributed by atoms with Gasteiger partial charge in [-0.05, 0) is 18.6 Å². The molecule has 7 heteroatoms. The predicted molar refractivity (Wildman–Crippen MR) is 88.6 cm³/mol. The molecule has 1 unspecified atom stereocenters. The molecule has 1 aliphatic heterocycles. The van der Waals surface area contributed by atoms with Crippen molar-refractivity contribution in [2.75, 3.05) is 24.4 Å². The molecule has 1 fully saturated rings. The van der Waals surface area contributed by atoms with Gasteiger partial charge in [-0.1, -0.05) is 13.3 Å². The van der Waals surface area contributed by atoms with Crippen LogP contribution in [0.1, 0.15) is 25.5 Å². The summed E-state index contributed by atoms with van der Waals surface area (Å²) in [7, 11) is 1.96. The summed E-state index contributed by atoms with van der Waals surface area (Å²) in [6, 6.07) is 1.25. The lowest BCUT2D eigenvalue weighted by Crippen LogP contribution is -2.32. The van der Waals surface area contributed by atoms with Crippen LogP contribution in [0.25, 0.3) is 6.08 Å². The average molecular weight is 320 g/mol. The Labute approximate surface area is 134 Å². The van der Waals surface area contributed by atoms with Crippen LogP contribution in [0.3, 0.4) is 0 Å². The molecule has 2 rings (SSSR count). The van der Waals surface area contributed by atoms with E-state index in [0.29, 0.717) is 18.1 Å². The molecular weight excluding hydrogens is 300 g/mol. The van der Waals surface area contributed by atoms with E-state index in [1.165, 1.54) is 11.8 Å². The summed E-state index contributed by atoms with van der Waals surface area (Å²) in [4.78, 5) is 33.9. The number of unbranched alkanes of at least 4 members (excludes halogenated alkanes) is 1. The third-order valence-electron chi connectivity index (χ3n) is 3.35. The molecule has 0 aromatic carbocycles. The maximum absolute atomic E-state index is 11.6. The molecule has 1 saturated heterocycles. The number of hydrogen-bond donors (Lipinski definition) is 1. The third kappa shape index (κ3) is 4.14. The van der Waals surface area contributed by atoms with Crippen LogP contribution in [-0.2, 0) is 9.59 Å². The monoisotopic (exact) mass is 320 g/mol. The molecule has 0 aliphatic carbocycles. The van der Waals surface area contributed by atoms with E-state index in [2.05, 4.69) is 22.2 Å². The Morgan fingerprint density at radius 2 is 2.41 bits per heavy atom. The van der Waals surface area contributed by atoms with Crippen LogP contribution < -0.4 is 10.2 Å². The van der Waals surface area contributed by atoms with Crippen LogP contribution in [-0.4, -0.2) is 47.5 Å². The van der Waals surface area contributed by atoms with Gasteiger partial charge in [0, 0.05) is 30.6 Å². The van der Waals surface area contributed by atoms with Crippen LogP contribution >= 0.6 is 11.8 Å². The number of aromatic nitrogens is 2. The second-order valence-electron chi connectivity index (χ2n) is 5.05. The van der Waals surface area contributed by atoms with Crippen LogP contribution in [0, 0.1) is 0 Å². The molecule has 1 aliphatic rings. The largest absolute Gasteiger partial charge is 0.344 e. The van der Waals surface area contributed by atoms with E-state index in [9.17, 15) is 9.59 Å². The van der Waals surface area contributed by atoms with Gasteiger partial charge in [-0.3, -0.25) is 14.9 Å².